The Labute approximate surface area is 152 Å². The predicted octanol–water partition coefficient (Wildman–Crippen LogP) is 2.23. The lowest BCUT2D eigenvalue weighted by Crippen LogP contribution is -2.51. The van der Waals surface area contributed by atoms with Crippen LogP contribution in [-0.4, -0.2) is 52.9 Å². The Bertz CT molecular complexity index is 785. The third-order valence-electron chi connectivity index (χ3n) is 4.80. The SMILES string of the molecule is CCc1cc(CC(=O)N2CCN(C(=O)c3c(C)coc3CC)CC2)on1. The lowest BCUT2D eigenvalue weighted by Gasteiger charge is -2.34. The fourth-order valence-electron chi connectivity index (χ4n) is 3.23. The van der Waals surface area contributed by atoms with E-state index >= 15 is 0 Å². The van der Waals surface area contributed by atoms with E-state index in [2.05, 4.69) is 5.16 Å². The number of piperazine rings is 1. The van der Waals surface area contributed by atoms with Crippen LogP contribution in [0.4, 0.5) is 0 Å². The van der Waals surface area contributed by atoms with E-state index in [1.807, 2.05) is 26.8 Å². The zero-order valence-electron chi connectivity index (χ0n) is 15.6. The summed E-state index contributed by atoms with van der Waals surface area (Å²) in [5.41, 5.74) is 2.38. The van der Waals surface area contributed by atoms with E-state index in [1.165, 1.54) is 0 Å². The minimum absolute atomic E-state index is 0.00430. The molecule has 1 aliphatic heterocycles. The zero-order valence-corrected chi connectivity index (χ0v) is 15.6. The molecule has 0 radical (unpaired) electrons. The summed E-state index contributed by atoms with van der Waals surface area (Å²) in [6.07, 6.45) is 3.31. The third-order valence-corrected chi connectivity index (χ3v) is 4.80. The molecule has 1 saturated heterocycles. The quantitative estimate of drug-likeness (QED) is 0.818. The van der Waals surface area contributed by atoms with E-state index in [0.29, 0.717) is 43.9 Å². The van der Waals surface area contributed by atoms with Gasteiger partial charge in [-0.3, -0.25) is 9.59 Å². The van der Waals surface area contributed by atoms with Crippen molar-refractivity contribution in [3.05, 3.63) is 40.7 Å². The average Bonchev–Trinajstić information content (AvgIpc) is 3.27. The number of hydrogen-bond acceptors (Lipinski definition) is 5. The number of amides is 2. The summed E-state index contributed by atoms with van der Waals surface area (Å²) >= 11 is 0. The van der Waals surface area contributed by atoms with Crippen molar-refractivity contribution in [3.8, 4) is 0 Å². The van der Waals surface area contributed by atoms with Crippen molar-refractivity contribution in [2.45, 2.75) is 40.0 Å². The summed E-state index contributed by atoms with van der Waals surface area (Å²) in [5.74, 6) is 1.31. The van der Waals surface area contributed by atoms with E-state index in [0.717, 1.165) is 23.4 Å². The van der Waals surface area contributed by atoms with Crippen LogP contribution < -0.4 is 0 Å². The summed E-state index contributed by atoms with van der Waals surface area (Å²) in [6.45, 7) is 7.95. The molecule has 0 bridgehead atoms. The van der Waals surface area contributed by atoms with Crippen LogP contribution in [0.25, 0.3) is 0 Å². The minimum Gasteiger partial charge on any atom is -0.468 e. The van der Waals surface area contributed by atoms with Crippen LogP contribution in [0, 0.1) is 6.92 Å². The van der Waals surface area contributed by atoms with Gasteiger partial charge >= 0.3 is 0 Å². The van der Waals surface area contributed by atoms with E-state index < -0.39 is 0 Å². The smallest absolute Gasteiger partial charge is 0.257 e. The highest BCUT2D eigenvalue weighted by Crippen LogP contribution is 2.20. The predicted molar refractivity (Wildman–Crippen MR) is 94.9 cm³/mol. The second kappa shape index (κ2) is 7.76. The molecule has 1 fully saturated rings. The number of rotatable bonds is 5. The summed E-state index contributed by atoms with van der Waals surface area (Å²) in [7, 11) is 0. The number of furan rings is 1. The number of carbonyl (C=O) groups excluding carboxylic acids is 2. The minimum atomic E-state index is -0.0111. The van der Waals surface area contributed by atoms with Gasteiger partial charge in [0.25, 0.3) is 5.91 Å². The zero-order chi connectivity index (χ0) is 18.7. The number of hydrogen-bond donors (Lipinski definition) is 0. The summed E-state index contributed by atoms with van der Waals surface area (Å²) in [6, 6.07) is 1.83. The van der Waals surface area contributed by atoms with Gasteiger partial charge in [-0.2, -0.15) is 0 Å². The first-order chi connectivity index (χ1) is 12.5. The van der Waals surface area contributed by atoms with Crippen LogP contribution >= 0.6 is 0 Å². The molecule has 2 amide bonds. The van der Waals surface area contributed by atoms with Crippen molar-refractivity contribution >= 4 is 11.8 Å². The van der Waals surface area contributed by atoms with Crippen molar-refractivity contribution in [2.75, 3.05) is 26.2 Å². The highest BCUT2D eigenvalue weighted by Gasteiger charge is 2.28. The van der Waals surface area contributed by atoms with Gasteiger partial charge in [-0.15, -0.1) is 0 Å². The third kappa shape index (κ3) is 3.66. The van der Waals surface area contributed by atoms with Gasteiger partial charge < -0.3 is 18.7 Å². The van der Waals surface area contributed by atoms with Crippen molar-refractivity contribution in [1.82, 2.24) is 15.0 Å². The second-order valence-electron chi connectivity index (χ2n) is 6.56. The Kier molecular flexibility index (Phi) is 5.44. The molecule has 0 N–H and O–H groups in total. The summed E-state index contributed by atoms with van der Waals surface area (Å²) < 4.78 is 10.7. The Morgan fingerprint density at radius 3 is 2.42 bits per heavy atom. The first-order valence-corrected chi connectivity index (χ1v) is 9.11. The monoisotopic (exact) mass is 359 g/mol. The Morgan fingerprint density at radius 1 is 1.12 bits per heavy atom. The van der Waals surface area contributed by atoms with Gasteiger partial charge in [0.1, 0.15) is 11.5 Å². The lowest BCUT2D eigenvalue weighted by atomic mass is 10.1. The van der Waals surface area contributed by atoms with E-state index in [1.54, 1.807) is 16.1 Å². The number of aromatic nitrogens is 1. The van der Waals surface area contributed by atoms with E-state index in [-0.39, 0.29) is 18.2 Å². The van der Waals surface area contributed by atoms with Crippen molar-refractivity contribution < 1.29 is 18.5 Å². The molecular weight excluding hydrogens is 334 g/mol. The molecule has 7 heteroatoms. The van der Waals surface area contributed by atoms with Crippen molar-refractivity contribution in [3.63, 3.8) is 0 Å². The van der Waals surface area contributed by atoms with Gasteiger partial charge in [0, 0.05) is 44.2 Å². The van der Waals surface area contributed by atoms with Gasteiger partial charge in [-0.05, 0) is 13.3 Å². The molecule has 26 heavy (non-hydrogen) atoms. The molecule has 3 rings (SSSR count). The maximum Gasteiger partial charge on any atom is 0.257 e. The van der Waals surface area contributed by atoms with Crippen LogP contribution in [0.5, 0.6) is 0 Å². The lowest BCUT2D eigenvalue weighted by molar-refractivity contribution is -0.132. The fourth-order valence-corrected chi connectivity index (χ4v) is 3.23. The molecule has 1 aliphatic rings. The maximum atomic E-state index is 12.8. The Balaban J connectivity index is 1.57. The molecule has 140 valence electrons. The van der Waals surface area contributed by atoms with E-state index in [9.17, 15) is 9.59 Å². The molecule has 0 spiro atoms. The fraction of sp³-hybridized carbons (Fsp3) is 0.526. The Morgan fingerprint density at radius 2 is 1.81 bits per heavy atom. The molecule has 7 nitrogen and oxygen atoms in total. The molecule has 2 aromatic rings. The van der Waals surface area contributed by atoms with Crippen LogP contribution in [-0.2, 0) is 24.1 Å². The first-order valence-electron chi connectivity index (χ1n) is 9.11. The Hall–Kier alpha value is -2.57. The largest absolute Gasteiger partial charge is 0.468 e. The highest BCUT2D eigenvalue weighted by atomic mass is 16.5. The van der Waals surface area contributed by atoms with Gasteiger partial charge in [0.15, 0.2) is 0 Å². The summed E-state index contributed by atoms with van der Waals surface area (Å²) in [4.78, 5) is 28.8. The molecule has 2 aromatic heterocycles. The standard InChI is InChI=1S/C19H25N3O4/c1-4-14-10-15(26-20-14)11-17(23)21-6-8-22(9-7-21)19(24)18-13(3)12-25-16(18)5-2/h10,12H,4-9,11H2,1-3H3. The summed E-state index contributed by atoms with van der Waals surface area (Å²) in [5, 5.41) is 3.91. The van der Waals surface area contributed by atoms with Crippen molar-refractivity contribution in [2.24, 2.45) is 0 Å². The number of carbonyl (C=O) groups is 2. The topological polar surface area (TPSA) is 79.8 Å². The van der Waals surface area contributed by atoms with Gasteiger partial charge in [-0.1, -0.05) is 19.0 Å². The van der Waals surface area contributed by atoms with Gasteiger partial charge in [0.2, 0.25) is 5.91 Å². The van der Waals surface area contributed by atoms with Crippen LogP contribution in [0.1, 0.15) is 47.0 Å². The number of nitrogens with zero attached hydrogens (tertiary/aromatic N) is 3. The average molecular weight is 359 g/mol. The highest BCUT2D eigenvalue weighted by molar-refractivity contribution is 5.96. The van der Waals surface area contributed by atoms with Crippen molar-refractivity contribution in [1.29, 1.82) is 0 Å². The molecule has 0 aromatic carbocycles. The molecule has 0 atom stereocenters. The van der Waals surface area contributed by atoms with Crippen LogP contribution in [0.2, 0.25) is 0 Å². The normalized spacial score (nSPS) is 14.7. The molecule has 0 saturated carbocycles. The van der Waals surface area contributed by atoms with Gasteiger partial charge in [-0.25, -0.2) is 0 Å². The van der Waals surface area contributed by atoms with E-state index in [4.69, 9.17) is 8.94 Å². The molecule has 3 heterocycles. The number of aryl methyl sites for hydroxylation is 3. The van der Waals surface area contributed by atoms with Crippen LogP contribution in [0.3, 0.4) is 0 Å². The molecular formula is C19H25N3O4. The molecule has 0 unspecified atom stereocenters. The maximum absolute atomic E-state index is 12.8. The first kappa shape index (κ1) is 18.2. The van der Waals surface area contributed by atoms with Crippen LogP contribution in [0.15, 0.2) is 21.3 Å². The van der Waals surface area contributed by atoms with Gasteiger partial charge in [0.05, 0.1) is 23.9 Å². The molecule has 0 aliphatic carbocycles. The second-order valence-corrected chi connectivity index (χ2v) is 6.56.